The minimum absolute atomic E-state index is 0.0769. The molecule has 0 atom stereocenters. The summed E-state index contributed by atoms with van der Waals surface area (Å²) in [5.74, 6) is 0.346. The molecule has 126 valence electrons. The molecule has 0 bridgehead atoms. The van der Waals surface area contributed by atoms with Crippen molar-refractivity contribution in [1.29, 1.82) is 0 Å². The van der Waals surface area contributed by atoms with E-state index in [9.17, 15) is 9.59 Å². The molecule has 5 heteroatoms. The van der Waals surface area contributed by atoms with Gasteiger partial charge in [-0.3, -0.25) is 14.6 Å². The third-order valence-electron chi connectivity index (χ3n) is 3.74. The molecule has 1 aromatic heterocycles. The van der Waals surface area contributed by atoms with E-state index in [0.717, 1.165) is 10.9 Å². The van der Waals surface area contributed by atoms with Gasteiger partial charge >= 0.3 is 0 Å². The van der Waals surface area contributed by atoms with Crippen molar-refractivity contribution in [2.24, 2.45) is 0 Å². The molecule has 0 radical (unpaired) electrons. The highest BCUT2D eigenvalue weighted by Crippen LogP contribution is 2.16. The number of ether oxygens (including phenoxy) is 1. The van der Waals surface area contributed by atoms with Gasteiger partial charge in [0.25, 0.3) is 5.91 Å². The predicted octanol–water partition coefficient (Wildman–Crippen LogP) is 3.85. The molecule has 0 aliphatic rings. The van der Waals surface area contributed by atoms with E-state index in [1.165, 1.54) is 0 Å². The minimum Gasteiger partial charge on any atom is -0.484 e. The molecule has 1 heterocycles. The van der Waals surface area contributed by atoms with Crippen LogP contribution in [0, 0.1) is 0 Å². The van der Waals surface area contributed by atoms with Gasteiger partial charge in [-0.25, -0.2) is 0 Å². The van der Waals surface area contributed by atoms with E-state index < -0.39 is 0 Å². The number of para-hydroxylation sites is 1. The largest absolute Gasteiger partial charge is 0.484 e. The first kappa shape index (κ1) is 16.6. The van der Waals surface area contributed by atoms with Crippen molar-refractivity contribution in [1.82, 2.24) is 4.98 Å². The number of hydrogen-bond acceptors (Lipinski definition) is 4. The van der Waals surface area contributed by atoms with E-state index in [4.69, 9.17) is 4.74 Å². The zero-order valence-corrected chi connectivity index (χ0v) is 13.9. The van der Waals surface area contributed by atoms with E-state index in [-0.39, 0.29) is 18.3 Å². The lowest BCUT2D eigenvalue weighted by Gasteiger charge is -2.08. The van der Waals surface area contributed by atoms with Crippen LogP contribution in [0.4, 0.5) is 5.69 Å². The highest BCUT2D eigenvalue weighted by molar-refractivity contribution is 5.96. The van der Waals surface area contributed by atoms with Crippen molar-refractivity contribution in [3.63, 3.8) is 0 Å². The summed E-state index contributed by atoms with van der Waals surface area (Å²) in [6.07, 6.45) is 2.08. The first-order chi connectivity index (χ1) is 12.2. The average Bonchev–Trinajstić information content (AvgIpc) is 2.66. The summed E-state index contributed by atoms with van der Waals surface area (Å²) in [6, 6.07) is 16.3. The monoisotopic (exact) mass is 334 g/mol. The number of aromatic nitrogens is 1. The number of benzene rings is 2. The Balaban J connectivity index is 1.57. The van der Waals surface area contributed by atoms with Gasteiger partial charge in [-0.05, 0) is 36.4 Å². The summed E-state index contributed by atoms with van der Waals surface area (Å²) >= 11 is 0. The highest BCUT2D eigenvalue weighted by atomic mass is 16.5. The fraction of sp³-hybridized carbons (Fsp3) is 0.150. The van der Waals surface area contributed by atoms with Crippen LogP contribution < -0.4 is 10.1 Å². The fourth-order valence-corrected chi connectivity index (χ4v) is 2.43. The lowest BCUT2D eigenvalue weighted by Crippen LogP contribution is -2.20. The number of hydrogen-bond donors (Lipinski definition) is 1. The molecule has 25 heavy (non-hydrogen) atoms. The SMILES string of the molecule is CCC(=O)c1ccc(OCC(=O)Nc2cnc3ccccc3c2)cc1. The number of pyridine rings is 1. The molecule has 0 aliphatic carbocycles. The van der Waals surface area contributed by atoms with Crippen LogP contribution in [0.15, 0.2) is 60.8 Å². The van der Waals surface area contributed by atoms with Gasteiger partial charge in [0.05, 0.1) is 17.4 Å². The van der Waals surface area contributed by atoms with Crippen molar-refractivity contribution in [3.05, 3.63) is 66.4 Å². The number of carbonyl (C=O) groups excluding carboxylic acids is 2. The van der Waals surface area contributed by atoms with Crippen LogP contribution in [-0.2, 0) is 4.79 Å². The number of nitrogens with zero attached hydrogens (tertiary/aromatic N) is 1. The molecule has 0 saturated heterocycles. The van der Waals surface area contributed by atoms with E-state index in [1.807, 2.05) is 37.3 Å². The van der Waals surface area contributed by atoms with Crippen LogP contribution in [-0.4, -0.2) is 23.3 Å². The van der Waals surface area contributed by atoms with Gasteiger partial charge in [-0.1, -0.05) is 25.1 Å². The first-order valence-electron chi connectivity index (χ1n) is 8.06. The van der Waals surface area contributed by atoms with Crippen LogP contribution in [0.25, 0.3) is 10.9 Å². The summed E-state index contributed by atoms with van der Waals surface area (Å²) in [5.41, 5.74) is 2.14. The van der Waals surface area contributed by atoms with E-state index >= 15 is 0 Å². The third-order valence-corrected chi connectivity index (χ3v) is 3.74. The summed E-state index contributed by atoms with van der Waals surface area (Å²) < 4.78 is 5.45. The lowest BCUT2D eigenvalue weighted by atomic mass is 10.1. The molecule has 0 spiro atoms. The predicted molar refractivity (Wildman–Crippen MR) is 96.9 cm³/mol. The number of fused-ring (bicyclic) bond motifs is 1. The second kappa shape index (κ2) is 7.57. The smallest absolute Gasteiger partial charge is 0.262 e. The Hall–Kier alpha value is -3.21. The van der Waals surface area contributed by atoms with E-state index in [1.54, 1.807) is 30.5 Å². The highest BCUT2D eigenvalue weighted by Gasteiger charge is 2.06. The maximum Gasteiger partial charge on any atom is 0.262 e. The fourth-order valence-electron chi connectivity index (χ4n) is 2.43. The Labute approximate surface area is 145 Å². The summed E-state index contributed by atoms with van der Waals surface area (Å²) in [6.45, 7) is 1.70. The second-order valence-electron chi connectivity index (χ2n) is 5.55. The number of amides is 1. The van der Waals surface area contributed by atoms with Crippen molar-refractivity contribution >= 4 is 28.3 Å². The molecule has 1 amide bonds. The quantitative estimate of drug-likeness (QED) is 0.695. The van der Waals surface area contributed by atoms with Crippen LogP contribution in [0.3, 0.4) is 0 Å². The van der Waals surface area contributed by atoms with Gasteiger partial charge in [-0.2, -0.15) is 0 Å². The molecule has 1 N–H and O–H groups in total. The topological polar surface area (TPSA) is 68.3 Å². The Morgan fingerprint density at radius 3 is 2.60 bits per heavy atom. The normalized spacial score (nSPS) is 10.4. The van der Waals surface area contributed by atoms with Crippen molar-refractivity contribution < 1.29 is 14.3 Å². The number of rotatable bonds is 6. The van der Waals surface area contributed by atoms with Crippen LogP contribution >= 0.6 is 0 Å². The molecule has 2 aromatic carbocycles. The number of anilines is 1. The van der Waals surface area contributed by atoms with Gasteiger partial charge in [0.15, 0.2) is 12.4 Å². The second-order valence-corrected chi connectivity index (χ2v) is 5.55. The van der Waals surface area contributed by atoms with Gasteiger partial charge < -0.3 is 10.1 Å². The maximum absolute atomic E-state index is 12.0. The van der Waals surface area contributed by atoms with E-state index in [2.05, 4.69) is 10.3 Å². The molecule has 3 aromatic rings. The Bertz CT molecular complexity index is 904. The molecule has 0 saturated carbocycles. The van der Waals surface area contributed by atoms with E-state index in [0.29, 0.717) is 23.4 Å². The molecule has 3 rings (SSSR count). The zero-order chi connectivity index (χ0) is 17.6. The minimum atomic E-state index is -0.272. The number of ketones is 1. The molecule has 0 unspecified atom stereocenters. The Morgan fingerprint density at radius 2 is 1.84 bits per heavy atom. The van der Waals surface area contributed by atoms with Crippen molar-refractivity contribution in [2.45, 2.75) is 13.3 Å². The van der Waals surface area contributed by atoms with Crippen molar-refractivity contribution in [3.8, 4) is 5.75 Å². The molecule has 0 fully saturated rings. The first-order valence-corrected chi connectivity index (χ1v) is 8.06. The molecular weight excluding hydrogens is 316 g/mol. The van der Waals surface area contributed by atoms with Crippen LogP contribution in [0.2, 0.25) is 0 Å². The van der Waals surface area contributed by atoms with Crippen LogP contribution in [0.1, 0.15) is 23.7 Å². The Morgan fingerprint density at radius 1 is 1.08 bits per heavy atom. The Kier molecular flexibility index (Phi) is 5.04. The average molecular weight is 334 g/mol. The number of carbonyl (C=O) groups is 2. The van der Waals surface area contributed by atoms with Crippen molar-refractivity contribution in [2.75, 3.05) is 11.9 Å². The molecule has 0 aliphatic heterocycles. The van der Waals surface area contributed by atoms with Gasteiger partial charge in [0, 0.05) is 17.4 Å². The summed E-state index contributed by atoms with van der Waals surface area (Å²) in [5, 5.41) is 3.72. The summed E-state index contributed by atoms with van der Waals surface area (Å²) in [4.78, 5) is 27.9. The number of nitrogens with one attached hydrogen (secondary N) is 1. The standard InChI is InChI=1S/C20H18N2O3/c1-2-19(23)14-7-9-17(10-8-14)25-13-20(24)22-16-11-15-5-3-4-6-18(15)21-12-16/h3-12H,2,13H2,1H3,(H,22,24). The summed E-state index contributed by atoms with van der Waals surface area (Å²) in [7, 11) is 0. The maximum atomic E-state index is 12.0. The molecular formula is C20H18N2O3. The lowest BCUT2D eigenvalue weighted by molar-refractivity contribution is -0.118. The third kappa shape index (κ3) is 4.20. The zero-order valence-electron chi connectivity index (χ0n) is 13.9. The van der Waals surface area contributed by atoms with Gasteiger partial charge in [0.1, 0.15) is 5.75 Å². The van der Waals surface area contributed by atoms with Crippen LogP contribution in [0.5, 0.6) is 5.75 Å². The molecule has 5 nitrogen and oxygen atoms in total. The number of Topliss-reactive ketones (excluding diaryl/α,β-unsaturated/α-hetero) is 1. The van der Waals surface area contributed by atoms with Gasteiger partial charge in [0.2, 0.25) is 0 Å². The van der Waals surface area contributed by atoms with Gasteiger partial charge in [-0.15, -0.1) is 0 Å².